The molecule has 0 atom stereocenters. The van der Waals surface area contributed by atoms with Gasteiger partial charge in [-0.15, -0.1) is 0 Å². The van der Waals surface area contributed by atoms with Crippen LogP contribution in [0.4, 0.5) is 0 Å². The number of aryl methyl sites for hydroxylation is 1. The third-order valence-corrected chi connectivity index (χ3v) is 4.68. The number of fused-ring (bicyclic) bond motifs is 1. The van der Waals surface area contributed by atoms with Gasteiger partial charge >= 0.3 is 0 Å². The molecule has 1 aliphatic heterocycles. The second-order valence-electron chi connectivity index (χ2n) is 6.30. The summed E-state index contributed by atoms with van der Waals surface area (Å²) in [5, 5.41) is 0. The molecule has 5 nitrogen and oxygen atoms in total. The average Bonchev–Trinajstić information content (AvgIpc) is 3.34. The van der Waals surface area contributed by atoms with Gasteiger partial charge in [-0.1, -0.05) is 6.07 Å². The fourth-order valence-electron chi connectivity index (χ4n) is 3.24. The van der Waals surface area contributed by atoms with Gasteiger partial charge < -0.3 is 14.1 Å². The van der Waals surface area contributed by atoms with E-state index in [1.807, 2.05) is 11.0 Å². The molecule has 0 bridgehead atoms. The first-order chi connectivity index (χ1) is 11.3. The van der Waals surface area contributed by atoms with E-state index in [0.717, 1.165) is 43.7 Å². The predicted molar refractivity (Wildman–Crippen MR) is 84.5 cm³/mol. The lowest BCUT2D eigenvalue weighted by atomic mass is 10.0. The number of hydrogen-bond donors (Lipinski definition) is 0. The van der Waals surface area contributed by atoms with Crippen LogP contribution in [0.5, 0.6) is 5.75 Å². The Morgan fingerprint density at radius 1 is 1.35 bits per heavy atom. The van der Waals surface area contributed by atoms with Crippen molar-refractivity contribution in [2.45, 2.75) is 38.1 Å². The maximum absolute atomic E-state index is 12.9. The van der Waals surface area contributed by atoms with Gasteiger partial charge in [0.05, 0.1) is 7.11 Å². The van der Waals surface area contributed by atoms with Gasteiger partial charge in [-0.05, 0) is 48.9 Å². The lowest BCUT2D eigenvalue weighted by Crippen LogP contribution is -2.31. The maximum Gasteiger partial charge on any atom is 0.276 e. The summed E-state index contributed by atoms with van der Waals surface area (Å²) in [5.74, 6) is 2.02. The van der Waals surface area contributed by atoms with Crippen molar-refractivity contribution in [2.24, 2.45) is 0 Å². The van der Waals surface area contributed by atoms with Gasteiger partial charge in [0, 0.05) is 19.0 Å². The number of carbonyl (C=O) groups is 1. The second kappa shape index (κ2) is 5.72. The standard InChI is InChI=1S/C18H20N2O3/c1-22-15-7-6-14-10-20(8-2-3-13(14)9-15)18(21)16-17(12-4-5-12)23-11-19-16/h6-7,9,11-12H,2-5,8,10H2,1H3. The first-order valence-corrected chi connectivity index (χ1v) is 8.14. The second-order valence-corrected chi connectivity index (χ2v) is 6.30. The van der Waals surface area contributed by atoms with Crippen LogP contribution in [-0.2, 0) is 13.0 Å². The topological polar surface area (TPSA) is 55.6 Å². The van der Waals surface area contributed by atoms with Crippen LogP contribution < -0.4 is 4.74 Å². The van der Waals surface area contributed by atoms with Crippen LogP contribution in [0, 0.1) is 0 Å². The molecule has 0 radical (unpaired) electrons. The van der Waals surface area contributed by atoms with Crippen LogP contribution in [0.15, 0.2) is 29.0 Å². The molecule has 1 fully saturated rings. The SMILES string of the molecule is COc1ccc2c(c1)CCCN(C(=O)c1ncoc1C1CC1)C2. The Bertz CT molecular complexity index is 734. The Morgan fingerprint density at radius 3 is 3.00 bits per heavy atom. The van der Waals surface area contributed by atoms with Gasteiger partial charge in [-0.3, -0.25) is 4.79 Å². The normalized spacial score (nSPS) is 17.5. The summed E-state index contributed by atoms with van der Waals surface area (Å²) in [7, 11) is 1.68. The third-order valence-electron chi connectivity index (χ3n) is 4.68. The van der Waals surface area contributed by atoms with E-state index in [2.05, 4.69) is 17.1 Å². The molecule has 1 aromatic carbocycles. The lowest BCUT2D eigenvalue weighted by molar-refractivity contribution is 0.0738. The number of hydrogen-bond acceptors (Lipinski definition) is 4. The van der Waals surface area contributed by atoms with Crippen molar-refractivity contribution in [3.8, 4) is 5.75 Å². The van der Waals surface area contributed by atoms with E-state index in [0.29, 0.717) is 18.2 Å². The highest BCUT2D eigenvalue weighted by Crippen LogP contribution is 2.41. The predicted octanol–water partition coefficient (Wildman–Crippen LogP) is 3.15. The molecular formula is C18H20N2O3. The molecule has 0 unspecified atom stereocenters. The minimum absolute atomic E-state index is 0.00989. The molecule has 0 spiro atoms. The molecule has 4 rings (SSSR count). The molecule has 1 aromatic heterocycles. The Balaban J connectivity index is 1.59. The molecule has 2 aromatic rings. The zero-order chi connectivity index (χ0) is 15.8. The minimum Gasteiger partial charge on any atom is -0.497 e. The number of oxazole rings is 1. The third kappa shape index (κ3) is 2.71. The highest BCUT2D eigenvalue weighted by atomic mass is 16.5. The van der Waals surface area contributed by atoms with Crippen molar-refractivity contribution in [3.05, 3.63) is 47.2 Å². The van der Waals surface area contributed by atoms with Gasteiger partial charge in [0.2, 0.25) is 0 Å². The molecule has 1 amide bonds. The minimum atomic E-state index is -0.00989. The quantitative estimate of drug-likeness (QED) is 0.873. The molecule has 0 N–H and O–H groups in total. The van der Waals surface area contributed by atoms with Gasteiger partial charge in [0.25, 0.3) is 5.91 Å². The van der Waals surface area contributed by atoms with E-state index < -0.39 is 0 Å². The van der Waals surface area contributed by atoms with E-state index in [4.69, 9.17) is 9.15 Å². The van der Waals surface area contributed by atoms with Crippen LogP contribution >= 0.6 is 0 Å². The highest BCUT2D eigenvalue weighted by molar-refractivity contribution is 5.93. The van der Waals surface area contributed by atoms with E-state index in [1.165, 1.54) is 17.5 Å². The van der Waals surface area contributed by atoms with Crippen molar-refractivity contribution in [1.82, 2.24) is 9.88 Å². The Hall–Kier alpha value is -2.30. The Morgan fingerprint density at radius 2 is 2.22 bits per heavy atom. The van der Waals surface area contributed by atoms with Crippen molar-refractivity contribution < 1.29 is 13.9 Å². The Labute approximate surface area is 135 Å². The molecule has 23 heavy (non-hydrogen) atoms. The molecule has 5 heteroatoms. The first-order valence-electron chi connectivity index (χ1n) is 8.14. The van der Waals surface area contributed by atoms with E-state index in [-0.39, 0.29) is 5.91 Å². The maximum atomic E-state index is 12.9. The number of methoxy groups -OCH3 is 1. The molecule has 1 saturated carbocycles. The van der Waals surface area contributed by atoms with Crippen LogP contribution in [0.3, 0.4) is 0 Å². The molecule has 2 heterocycles. The number of ether oxygens (including phenoxy) is 1. The van der Waals surface area contributed by atoms with Gasteiger partial charge in [-0.2, -0.15) is 0 Å². The van der Waals surface area contributed by atoms with Crippen molar-refractivity contribution >= 4 is 5.91 Å². The summed E-state index contributed by atoms with van der Waals surface area (Å²) in [5.41, 5.74) is 2.96. The van der Waals surface area contributed by atoms with Crippen molar-refractivity contribution in [1.29, 1.82) is 0 Å². The van der Waals surface area contributed by atoms with Crippen molar-refractivity contribution in [3.63, 3.8) is 0 Å². The van der Waals surface area contributed by atoms with E-state index >= 15 is 0 Å². The van der Waals surface area contributed by atoms with E-state index in [9.17, 15) is 4.79 Å². The first kappa shape index (κ1) is 14.3. The number of amides is 1. The monoisotopic (exact) mass is 312 g/mol. The fraction of sp³-hybridized carbons (Fsp3) is 0.444. The smallest absolute Gasteiger partial charge is 0.276 e. The zero-order valence-electron chi connectivity index (χ0n) is 13.2. The van der Waals surface area contributed by atoms with E-state index in [1.54, 1.807) is 7.11 Å². The lowest BCUT2D eigenvalue weighted by Gasteiger charge is -2.20. The van der Waals surface area contributed by atoms with Gasteiger partial charge in [0.15, 0.2) is 12.1 Å². The van der Waals surface area contributed by atoms with Gasteiger partial charge in [-0.25, -0.2) is 4.98 Å². The summed E-state index contributed by atoms with van der Waals surface area (Å²) >= 11 is 0. The average molecular weight is 312 g/mol. The summed E-state index contributed by atoms with van der Waals surface area (Å²) in [4.78, 5) is 19.0. The number of nitrogens with zero attached hydrogens (tertiary/aromatic N) is 2. The highest BCUT2D eigenvalue weighted by Gasteiger charge is 2.34. The largest absolute Gasteiger partial charge is 0.497 e. The zero-order valence-corrected chi connectivity index (χ0v) is 13.2. The summed E-state index contributed by atoms with van der Waals surface area (Å²) in [6.07, 6.45) is 5.50. The summed E-state index contributed by atoms with van der Waals surface area (Å²) in [6.45, 7) is 1.36. The molecular weight excluding hydrogens is 292 g/mol. The molecule has 1 aliphatic carbocycles. The number of benzene rings is 1. The fourth-order valence-corrected chi connectivity index (χ4v) is 3.24. The number of carbonyl (C=O) groups excluding carboxylic acids is 1. The Kier molecular flexibility index (Phi) is 3.56. The molecule has 2 aliphatic rings. The summed E-state index contributed by atoms with van der Waals surface area (Å²) in [6, 6.07) is 6.10. The van der Waals surface area contributed by atoms with Gasteiger partial charge in [0.1, 0.15) is 11.5 Å². The number of rotatable bonds is 3. The van der Waals surface area contributed by atoms with Crippen LogP contribution in [0.25, 0.3) is 0 Å². The summed E-state index contributed by atoms with van der Waals surface area (Å²) < 4.78 is 10.8. The number of aromatic nitrogens is 1. The molecule has 0 saturated heterocycles. The van der Waals surface area contributed by atoms with Crippen molar-refractivity contribution in [2.75, 3.05) is 13.7 Å². The molecule has 120 valence electrons. The van der Waals surface area contributed by atoms with Crippen LogP contribution in [0.2, 0.25) is 0 Å². The van der Waals surface area contributed by atoms with Crippen LogP contribution in [0.1, 0.15) is 52.6 Å². The van der Waals surface area contributed by atoms with Crippen LogP contribution in [-0.4, -0.2) is 29.4 Å².